The number of furan rings is 1. The molecule has 3 nitrogen and oxygen atoms in total. The number of hydrogen-bond acceptors (Lipinski definition) is 1. The number of aromatic nitrogens is 2. The van der Waals surface area contributed by atoms with Crippen LogP contribution in [0, 0.1) is 0 Å². The molecule has 254 valence electrons. The van der Waals surface area contributed by atoms with Crippen LogP contribution in [-0.2, 0) is 0 Å². The van der Waals surface area contributed by atoms with E-state index in [4.69, 9.17) is 4.42 Å². The van der Waals surface area contributed by atoms with Gasteiger partial charge in [0.2, 0.25) is 0 Å². The van der Waals surface area contributed by atoms with Crippen LogP contribution in [0.4, 0.5) is 0 Å². The molecular weight excluding hydrogens is 669 g/mol. The van der Waals surface area contributed by atoms with E-state index in [0.717, 1.165) is 33.3 Å². The predicted octanol–water partition coefficient (Wildman–Crippen LogP) is 14.2. The van der Waals surface area contributed by atoms with Gasteiger partial charge in [-0.2, -0.15) is 0 Å². The van der Waals surface area contributed by atoms with Gasteiger partial charge in [0.1, 0.15) is 11.2 Å². The minimum Gasteiger partial charge on any atom is -0.456 e. The number of nitrogens with zero attached hydrogens (tertiary/aromatic N) is 2. The molecule has 0 N–H and O–H groups in total. The van der Waals surface area contributed by atoms with E-state index < -0.39 is 0 Å². The first-order valence-corrected chi connectivity index (χ1v) is 18.9. The zero-order chi connectivity index (χ0) is 35.8. The molecule has 55 heavy (non-hydrogen) atoms. The van der Waals surface area contributed by atoms with Crippen molar-refractivity contribution in [2.75, 3.05) is 0 Å². The lowest BCUT2D eigenvalue weighted by molar-refractivity contribution is 0.669. The first kappa shape index (κ1) is 29.1. The molecular formula is C52H30N2O. The largest absolute Gasteiger partial charge is 0.456 e. The smallest absolute Gasteiger partial charge is 0.137 e. The van der Waals surface area contributed by atoms with Crippen molar-refractivity contribution in [3.8, 4) is 44.8 Å². The third kappa shape index (κ3) is 3.84. The normalized spacial score (nSPS) is 12.4. The second kappa shape index (κ2) is 10.6. The zero-order valence-corrected chi connectivity index (χ0v) is 29.6. The molecule has 3 heteroatoms. The quantitative estimate of drug-likeness (QED) is 0.180. The third-order valence-electron chi connectivity index (χ3n) is 12.0. The van der Waals surface area contributed by atoms with Crippen molar-refractivity contribution in [3.63, 3.8) is 0 Å². The van der Waals surface area contributed by atoms with E-state index in [-0.39, 0.29) is 0 Å². The van der Waals surface area contributed by atoms with Crippen molar-refractivity contribution in [1.29, 1.82) is 0 Å². The average Bonchev–Trinajstić information content (AvgIpc) is 3.98. The van der Waals surface area contributed by atoms with Crippen LogP contribution in [0.1, 0.15) is 0 Å². The zero-order valence-electron chi connectivity index (χ0n) is 29.6. The van der Waals surface area contributed by atoms with Crippen LogP contribution in [0.25, 0.3) is 121 Å². The molecule has 0 unspecified atom stereocenters. The monoisotopic (exact) mass is 698 g/mol. The van der Waals surface area contributed by atoms with E-state index >= 15 is 0 Å². The highest BCUT2D eigenvalue weighted by Crippen LogP contribution is 2.50. The molecule has 0 fully saturated rings. The number of hydrogen-bond donors (Lipinski definition) is 0. The second-order valence-corrected chi connectivity index (χ2v) is 14.8. The summed E-state index contributed by atoms with van der Waals surface area (Å²) in [6.07, 6.45) is 0. The summed E-state index contributed by atoms with van der Waals surface area (Å²) in [4.78, 5) is 0. The van der Waals surface area contributed by atoms with E-state index in [9.17, 15) is 0 Å². The minimum atomic E-state index is 0.895. The Morgan fingerprint density at radius 3 is 1.91 bits per heavy atom. The van der Waals surface area contributed by atoms with Crippen molar-refractivity contribution in [1.82, 2.24) is 9.13 Å². The molecule has 0 amide bonds. The van der Waals surface area contributed by atoms with Crippen molar-refractivity contribution < 1.29 is 4.42 Å². The topological polar surface area (TPSA) is 23.0 Å². The van der Waals surface area contributed by atoms with Gasteiger partial charge in [-0.3, -0.25) is 0 Å². The number of fused-ring (bicyclic) bond motifs is 14. The molecule has 13 rings (SSSR count). The summed E-state index contributed by atoms with van der Waals surface area (Å²) in [6, 6.07) is 66.5. The number of para-hydroxylation sites is 2. The van der Waals surface area contributed by atoms with Crippen molar-refractivity contribution >= 4 is 76.3 Å². The van der Waals surface area contributed by atoms with E-state index in [1.807, 2.05) is 0 Å². The average molecular weight is 699 g/mol. The van der Waals surface area contributed by atoms with Crippen LogP contribution in [-0.4, -0.2) is 9.13 Å². The van der Waals surface area contributed by atoms with E-state index in [1.165, 1.54) is 87.8 Å². The fourth-order valence-corrected chi connectivity index (χ4v) is 9.77. The molecule has 1 aliphatic rings. The number of rotatable bonds is 3. The Balaban J connectivity index is 1.22. The van der Waals surface area contributed by atoms with Gasteiger partial charge in [-0.25, -0.2) is 0 Å². The molecule has 12 aromatic rings. The first-order chi connectivity index (χ1) is 27.3. The summed E-state index contributed by atoms with van der Waals surface area (Å²) >= 11 is 0. The van der Waals surface area contributed by atoms with Crippen LogP contribution in [0.3, 0.4) is 0 Å². The Hall–Kier alpha value is -7.36. The lowest BCUT2D eigenvalue weighted by Crippen LogP contribution is -1.97. The highest BCUT2D eigenvalue weighted by molar-refractivity contribution is 6.31. The summed E-state index contributed by atoms with van der Waals surface area (Å²) in [6.45, 7) is 0. The molecule has 0 saturated carbocycles. The van der Waals surface area contributed by atoms with Gasteiger partial charge in [-0.1, -0.05) is 127 Å². The van der Waals surface area contributed by atoms with Crippen LogP contribution in [0.2, 0.25) is 0 Å². The van der Waals surface area contributed by atoms with E-state index in [1.54, 1.807) is 0 Å². The van der Waals surface area contributed by atoms with Crippen molar-refractivity contribution in [2.24, 2.45) is 0 Å². The molecule has 0 atom stereocenters. The molecule has 0 bridgehead atoms. The third-order valence-corrected chi connectivity index (χ3v) is 12.0. The molecule has 0 radical (unpaired) electrons. The highest BCUT2D eigenvalue weighted by Gasteiger charge is 2.26. The van der Waals surface area contributed by atoms with Gasteiger partial charge in [-0.05, 0) is 98.8 Å². The van der Waals surface area contributed by atoms with Crippen LogP contribution >= 0.6 is 0 Å². The lowest BCUT2D eigenvalue weighted by atomic mass is 10.0. The maximum Gasteiger partial charge on any atom is 0.137 e. The van der Waals surface area contributed by atoms with Gasteiger partial charge >= 0.3 is 0 Å². The van der Waals surface area contributed by atoms with Crippen LogP contribution in [0.15, 0.2) is 186 Å². The molecule has 0 aliphatic heterocycles. The van der Waals surface area contributed by atoms with Crippen LogP contribution in [0.5, 0.6) is 0 Å². The summed E-state index contributed by atoms with van der Waals surface area (Å²) < 4.78 is 11.6. The molecule has 3 aromatic heterocycles. The first-order valence-electron chi connectivity index (χ1n) is 18.9. The summed E-state index contributed by atoms with van der Waals surface area (Å²) in [5, 5.41) is 9.74. The molecule has 3 heterocycles. The Morgan fingerprint density at radius 2 is 1.02 bits per heavy atom. The maximum absolute atomic E-state index is 6.57. The maximum atomic E-state index is 6.57. The van der Waals surface area contributed by atoms with Gasteiger partial charge < -0.3 is 13.6 Å². The summed E-state index contributed by atoms with van der Waals surface area (Å²) in [7, 11) is 0. The highest BCUT2D eigenvalue weighted by atomic mass is 16.3. The molecule has 0 spiro atoms. The minimum absolute atomic E-state index is 0.895. The fraction of sp³-hybridized carbons (Fsp3) is 0. The van der Waals surface area contributed by atoms with Gasteiger partial charge in [0, 0.05) is 38.3 Å². The summed E-state index contributed by atoms with van der Waals surface area (Å²) in [5.74, 6) is 0. The Bertz CT molecular complexity index is 3600. The summed E-state index contributed by atoms with van der Waals surface area (Å²) in [5.41, 5.74) is 16.4. The van der Waals surface area contributed by atoms with Crippen molar-refractivity contribution in [3.05, 3.63) is 182 Å². The second-order valence-electron chi connectivity index (χ2n) is 14.8. The fourth-order valence-electron chi connectivity index (χ4n) is 9.77. The van der Waals surface area contributed by atoms with E-state index in [2.05, 4.69) is 191 Å². The van der Waals surface area contributed by atoms with Gasteiger partial charge in [-0.15, -0.1) is 0 Å². The molecule has 0 saturated heterocycles. The van der Waals surface area contributed by atoms with E-state index in [0.29, 0.717) is 0 Å². The lowest BCUT2D eigenvalue weighted by Gasteiger charge is -2.13. The number of benzene rings is 9. The standard InChI is InChI=1S/C52H30N2O/c1-2-12-31(13-3-1)32-14-10-16-34(28-32)53-44-22-8-6-19-41(44)49-45(53)26-24-39-40-25-27-47-50(42-20-7-9-23-46(42)55-47)52(40)54(51(39)49)35-29-33-15-11-21-38-36-17-4-5-18-37(36)43(30-35)48(33)38/h1-30H. The Labute approximate surface area is 315 Å². The molecule has 1 aliphatic carbocycles. The Morgan fingerprint density at radius 1 is 0.327 bits per heavy atom. The van der Waals surface area contributed by atoms with Gasteiger partial charge in [0.25, 0.3) is 0 Å². The van der Waals surface area contributed by atoms with Crippen molar-refractivity contribution in [2.45, 2.75) is 0 Å². The SMILES string of the molecule is c1ccc(-c2cccc(-n3c4ccccc4c4c3ccc3c5ccc6oc7ccccc7c6c5n(-c5cc6c7c(cccc7c5)-c5ccccc5-6)c34)c2)cc1. The predicted molar refractivity (Wildman–Crippen MR) is 230 cm³/mol. The van der Waals surface area contributed by atoms with Crippen LogP contribution < -0.4 is 0 Å². The Kier molecular flexibility index (Phi) is 5.63. The van der Waals surface area contributed by atoms with Gasteiger partial charge in [0.15, 0.2) is 0 Å². The van der Waals surface area contributed by atoms with Gasteiger partial charge in [0.05, 0.1) is 27.5 Å². The molecule has 9 aromatic carbocycles.